The number of benzene rings is 2. The van der Waals surface area contributed by atoms with Gasteiger partial charge in [0.15, 0.2) is 0 Å². The molecule has 4 nitrogen and oxygen atoms in total. The van der Waals surface area contributed by atoms with Crippen LogP contribution >= 0.6 is 46.1 Å². The van der Waals surface area contributed by atoms with Gasteiger partial charge in [-0.25, -0.2) is 0 Å². The number of nitrogens with one attached hydrogen (secondary N) is 1. The van der Waals surface area contributed by atoms with Gasteiger partial charge in [0, 0.05) is 42.6 Å². The molecule has 0 aliphatic carbocycles. The smallest absolute Gasteiger partial charge is 0.119 e. The monoisotopic (exact) mass is 596 g/mol. The maximum Gasteiger partial charge on any atom is 0.119 e. The van der Waals surface area contributed by atoms with E-state index in [1.54, 1.807) is 0 Å². The van der Waals surface area contributed by atoms with E-state index in [-0.39, 0.29) is 0 Å². The molecule has 1 saturated heterocycles. The van der Waals surface area contributed by atoms with E-state index in [9.17, 15) is 0 Å². The highest BCUT2D eigenvalue weighted by Crippen LogP contribution is 2.22. The molecular formula is C26H33IN2O2S2. The van der Waals surface area contributed by atoms with Crippen molar-refractivity contribution in [1.82, 2.24) is 10.2 Å². The summed E-state index contributed by atoms with van der Waals surface area (Å²) in [7, 11) is 0. The molecule has 1 heterocycles. The highest BCUT2D eigenvalue weighted by molar-refractivity contribution is 14.1. The maximum atomic E-state index is 5.89. The number of hydrogen-bond donors (Lipinski definition) is 1. The van der Waals surface area contributed by atoms with Crippen LogP contribution in [0.2, 0.25) is 0 Å². The van der Waals surface area contributed by atoms with Crippen LogP contribution < -0.4 is 14.8 Å². The predicted molar refractivity (Wildman–Crippen MR) is 153 cm³/mol. The van der Waals surface area contributed by atoms with Gasteiger partial charge in [0.25, 0.3) is 0 Å². The second-order valence-electron chi connectivity index (χ2n) is 7.38. The molecule has 0 saturated carbocycles. The van der Waals surface area contributed by atoms with Gasteiger partial charge in [0.05, 0.1) is 9.80 Å². The van der Waals surface area contributed by atoms with Crippen molar-refractivity contribution in [3.8, 4) is 11.5 Å². The van der Waals surface area contributed by atoms with Crippen molar-refractivity contribution in [3.05, 3.63) is 84.6 Å². The third kappa shape index (κ3) is 11.1. The van der Waals surface area contributed by atoms with Gasteiger partial charge in [0.1, 0.15) is 24.7 Å². The lowest BCUT2D eigenvalue weighted by Gasteiger charge is -2.31. The van der Waals surface area contributed by atoms with Crippen LogP contribution in [0.1, 0.15) is 0 Å². The number of rotatable bonds is 14. The van der Waals surface area contributed by atoms with Crippen molar-refractivity contribution in [2.45, 2.75) is 3.26 Å². The first-order valence-corrected chi connectivity index (χ1v) is 14.8. The van der Waals surface area contributed by atoms with Crippen LogP contribution in [0.25, 0.3) is 0 Å². The summed E-state index contributed by atoms with van der Waals surface area (Å²) in [6.45, 7) is 5.28. The molecule has 7 heteroatoms. The first-order chi connectivity index (χ1) is 16.3. The first kappa shape index (κ1) is 26.3. The Morgan fingerprint density at radius 2 is 1.70 bits per heavy atom. The fourth-order valence-electron chi connectivity index (χ4n) is 3.22. The molecular weight excluding hydrogens is 563 g/mol. The number of nitrogens with zero attached hydrogens (tertiary/aromatic N) is 1. The van der Waals surface area contributed by atoms with Crippen LogP contribution in [-0.4, -0.2) is 64.8 Å². The number of thioether (sulfide) groups is 2. The van der Waals surface area contributed by atoms with Gasteiger partial charge < -0.3 is 19.7 Å². The zero-order chi connectivity index (χ0) is 23.0. The Kier molecular flexibility index (Phi) is 13.0. The predicted octanol–water partition coefficient (Wildman–Crippen LogP) is 5.72. The Hall–Kier alpha value is -1.29. The van der Waals surface area contributed by atoms with Gasteiger partial charge >= 0.3 is 0 Å². The first-order valence-electron chi connectivity index (χ1n) is 11.3. The van der Waals surface area contributed by atoms with Crippen LogP contribution in [0.4, 0.5) is 0 Å². The third-order valence-corrected chi connectivity index (χ3v) is 8.31. The second-order valence-corrected chi connectivity index (χ2v) is 11.9. The van der Waals surface area contributed by atoms with Gasteiger partial charge in [-0.2, -0.15) is 11.8 Å². The standard InChI is InChI=1S/C26H33IN2O2S2/c27-26(33-20-15-28-14-18-30-24-9-3-1-4-10-24)13-7-8-23-22-32-21-17-29(23)16-19-31-25-11-5-2-6-12-25/h1-13,26,28H,14-22H2/b13-7+,23-8+. The molecule has 0 aromatic heterocycles. The Balaban J connectivity index is 1.28. The van der Waals surface area contributed by atoms with Gasteiger partial charge in [-0.05, 0) is 30.3 Å². The number of para-hydroxylation sites is 2. The molecule has 178 valence electrons. The van der Waals surface area contributed by atoms with E-state index >= 15 is 0 Å². The van der Waals surface area contributed by atoms with Crippen molar-refractivity contribution < 1.29 is 9.47 Å². The minimum absolute atomic E-state index is 0.466. The van der Waals surface area contributed by atoms with Crippen molar-refractivity contribution >= 4 is 46.1 Å². The molecule has 33 heavy (non-hydrogen) atoms. The van der Waals surface area contributed by atoms with Crippen LogP contribution in [0.5, 0.6) is 11.5 Å². The molecule has 2 aromatic carbocycles. The summed E-state index contributed by atoms with van der Waals surface area (Å²) >= 11 is 6.47. The zero-order valence-corrected chi connectivity index (χ0v) is 22.7. The summed E-state index contributed by atoms with van der Waals surface area (Å²) in [5, 5.41) is 3.45. The summed E-state index contributed by atoms with van der Waals surface area (Å²) in [6.07, 6.45) is 6.78. The van der Waals surface area contributed by atoms with Gasteiger partial charge in [-0.15, -0.1) is 11.8 Å². The third-order valence-electron chi connectivity index (χ3n) is 4.93. The van der Waals surface area contributed by atoms with E-state index in [1.807, 2.05) is 84.2 Å². The molecule has 1 N–H and O–H groups in total. The Morgan fingerprint density at radius 1 is 1.00 bits per heavy atom. The largest absolute Gasteiger partial charge is 0.492 e. The lowest BCUT2D eigenvalue weighted by Crippen LogP contribution is -2.34. The van der Waals surface area contributed by atoms with E-state index in [0.29, 0.717) is 16.5 Å². The highest BCUT2D eigenvalue weighted by atomic mass is 127. The quantitative estimate of drug-likeness (QED) is 0.171. The number of allylic oxidation sites excluding steroid dienone is 2. The molecule has 1 aliphatic rings. The molecule has 1 aliphatic heterocycles. The summed E-state index contributed by atoms with van der Waals surface area (Å²) in [4.78, 5) is 2.46. The normalized spacial score (nSPS) is 16.3. The van der Waals surface area contributed by atoms with Crippen LogP contribution in [0.15, 0.2) is 84.6 Å². The number of hydrogen-bond acceptors (Lipinski definition) is 6. The molecule has 1 atom stereocenters. The number of ether oxygens (including phenoxy) is 2. The Labute approximate surface area is 220 Å². The molecule has 0 spiro atoms. The van der Waals surface area contributed by atoms with E-state index in [1.165, 1.54) is 11.4 Å². The fraction of sp³-hybridized carbons (Fsp3) is 0.385. The van der Waals surface area contributed by atoms with E-state index < -0.39 is 0 Å². The van der Waals surface area contributed by atoms with Gasteiger partial charge in [-0.3, -0.25) is 0 Å². The molecule has 1 fully saturated rings. The van der Waals surface area contributed by atoms with Crippen molar-refractivity contribution in [1.29, 1.82) is 0 Å². The molecule has 0 bridgehead atoms. The minimum atomic E-state index is 0.466. The topological polar surface area (TPSA) is 33.7 Å². The minimum Gasteiger partial charge on any atom is -0.492 e. The summed E-state index contributed by atoms with van der Waals surface area (Å²) in [6, 6.07) is 20.0. The van der Waals surface area contributed by atoms with E-state index in [4.69, 9.17) is 9.47 Å². The lowest BCUT2D eigenvalue weighted by molar-refractivity contribution is 0.248. The molecule has 0 amide bonds. The Bertz CT molecular complexity index is 837. The average molecular weight is 597 g/mol. The Morgan fingerprint density at radius 3 is 2.42 bits per heavy atom. The molecule has 2 aromatic rings. The van der Waals surface area contributed by atoms with Crippen molar-refractivity contribution in [2.75, 3.05) is 56.7 Å². The van der Waals surface area contributed by atoms with Crippen LogP contribution in [0, 0.1) is 0 Å². The average Bonchev–Trinajstić information content (AvgIpc) is 2.86. The molecule has 3 rings (SSSR count). The van der Waals surface area contributed by atoms with E-state index in [2.05, 4.69) is 51.0 Å². The lowest BCUT2D eigenvalue weighted by atomic mass is 10.3. The van der Waals surface area contributed by atoms with Crippen LogP contribution in [0.3, 0.4) is 0 Å². The molecule has 0 radical (unpaired) electrons. The van der Waals surface area contributed by atoms with Gasteiger partial charge in [-0.1, -0.05) is 71.1 Å². The molecule has 1 unspecified atom stereocenters. The van der Waals surface area contributed by atoms with Crippen LogP contribution in [-0.2, 0) is 0 Å². The summed E-state index contributed by atoms with van der Waals surface area (Å²) < 4.78 is 12.1. The summed E-state index contributed by atoms with van der Waals surface area (Å²) in [5.74, 6) is 5.21. The van der Waals surface area contributed by atoms with Gasteiger partial charge in [0.2, 0.25) is 0 Å². The van der Waals surface area contributed by atoms with Crippen molar-refractivity contribution in [3.63, 3.8) is 0 Å². The number of halogens is 1. The SMILES string of the molecule is IC(/C=C/C=C1\CSCCN1CCOc1ccccc1)SCCNCCOc1ccccc1. The fourth-order valence-corrected chi connectivity index (χ4v) is 5.90. The number of alkyl halides is 1. The zero-order valence-electron chi connectivity index (χ0n) is 18.9. The highest BCUT2D eigenvalue weighted by Gasteiger charge is 2.14. The van der Waals surface area contributed by atoms with E-state index in [0.717, 1.165) is 49.2 Å². The second kappa shape index (κ2) is 16.4. The summed E-state index contributed by atoms with van der Waals surface area (Å²) in [5.41, 5.74) is 1.40. The van der Waals surface area contributed by atoms with Crippen molar-refractivity contribution in [2.24, 2.45) is 0 Å². The maximum absolute atomic E-state index is 5.89.